The monoisotopic (exact) mass is 653 g/mol. The van der Waals surface area contributed by atoms with Crippen LogP contribution in [0.25, 0.3) is 66.1 Å². The van der Waals surface area contributed by atoms with Gasteiger partial charge in [0.25, 0.3) is 0 Å². The molecule has 0 unspecified atom stereocenters. The summed E-state index contributed by atoms with van der Waals surface area (Å²) < 4.78 is 38.2. The molecule has 0 bridgehead atoms. The molecule has 1 nitrogen and oxygen atoms in total. The maximum atomic E-state index is 9.59. The van der Waals surface area contributed by atoms with Crippen molar-refractivity contribution in [2.24, 2.45) is 0 Å². The smallest absolute Gasteiger partial charge is 0.0645 e. The Labute approximate surface area is 305 Å². The lowest BCUT2D eigenvalue weighted by molar-refractivity contribution is 1.30. The molecule has 0 amide bonds. The fraction of sp³-hybridized carbons (Fsp3) is 0. The van der Waals surface area contributed by atoms with Crippen LogP contribution < -0.4 is 4.90 Å². The van der Waals surface area contributed by atoms with E-state index in [0.717, 1.165) is 66.3 Å². The topological polar surface area (TPSA) is 3.24 Å². The molecular formula is C50H35N. The second-order valence-electron chi connectivity index (χ2n) is 12.6. The van der Waals surface area contributed by atoms with Crippen molar-refractivity contribution in [1.29, 1.82) is 0 Å². The fourth-order valence-electron chi connectivity index (χ4n) is 7.05. The Morgan fingerprint density at radius 1 is 0.314 bits per heavy atom. The first-order valence-corrected chi connectivity index (χ1v) is 17.2. The minimum Gasteiger partial charge on any atom is -0.310 e. The maximum Gasteiger partial charge on any atom is 0.0645 e. The van der Waals surface area contributed by atoms with Gasteiger partial charge >= 0.3 is 0 Å². The molecular weight excluding hydrogens is 615 g/mol. The molecule has 9 aromatic carbocycles. The zero-order valence-corrected chi connectivity index (χ0v) is 27.8. The Hall–Kier alpha value is -6.70. The van der Waals surface area contributed by atoms with Crippen molar-refractivity contribution >= 4 is 38.6 Å². The molecule has 0 aliphatic heterocycles. The molecule has 51 heavy (non-hydrogen) atoms. The molecule has 0 aromatic heterocycles. The van der Waals surface area contributed by atoms with Gasteiger partial charge in [-0.3, -0.25) is 0 Å². The van der Waals surface area contributed by atoms with Gasteiger partial charge in [0, 0.05) is 16.8 Å². The van der Waals surface area contributed by atoms with Gasteiger partial charge in [-0.2, -0.15) is 0 Å². The van der Waals surface area contributed by atoms with E-state index in [1.807, 2.05) is 120 Å². The van der Waals surface area contributed by atoms with Crippen LogP contribution in [0.2, 0.25) is 0 Å². The molecule has 0 atom stereocenters. The molecule has 0 aliphatic carbocycles. The standard InChI is InChI=1S/C50H35N/c1-3-13-37(14-4-1)47-34-29-42(35-49(47)40-15-5-2-6-16-40)36-25-30-43(31-26-36)51(50-24-12-20-39-18-8-10-22-48(39)50)44-32-27-41(28-33-44)46-23-11-19-38-17-7-9-21-45(38)46/h1-35H/i25D,26D,30D,31D. The quantitative estimate of drug-likeness (QED) is 0.165. The summed E-state index contributed by atoms with van der Waals surface area (Å²) in [5, 5.41) is 4.27. The van der Waals surface area contributed by atoms with Crippen molar-refractivity contribution in [3.8, 4) is 44.5 Å². The predicted octanol–water partition coefficient (Wildman–Crippen LogP) is 14.1. The van der Waals surface area contributed by atoms with Gasteiger partial charge in [-0.15, -0.1) is 0 Å². The van der Waals surface area contributed by atoms with E-state index in [4.69, 9.17) is 0 Å². The van der Waals surface area contributed by atoms with Crippen LogP contribution in [0.5, 0.6) is 0 Å². The van der Waals surface area contributed by atoms with Gasteiger partial charge in [0.2, 0.25) is 0 Å². The van der Waals surface area contributed by atoms with E-state index in [2.05, 4.69) is 72.8 Å². The Morgan fingerprint density at radius 3 is 1.55 bits per heavy atom. The third-order valence-corrected chi connectivity index (χ3v) is 9.55. The first kappa shape index (κ1) is 26.2. The van der Waals surface area contributed by atoms with E-state index in [1.54, 1.807) is 0 Å². The van der Waals surface area contributed by atoms with Crippen LogP contribution in [-0.4, -0.2) is 0 Å². The predicted molar refractivity (Wildman–Crippen MR) is 218 cm³/mol. The normalized spacial score (nSPS) is 12.2. The lowest BCUT2D eigenvalue weighted by atomic mass is 9.91. The van der Waals surface area contributed by atoms with Crippen LogP contribution in [0.4, 0.5) is 17.1 Å². The molecule has 0 spiro atoms. The Bertz CT molecular complexity index is 2810. The second-order valence-corrected chi connectivity index (χ2v) is 12.6. The zero-order valence-electron chi connectivity index (χ0n) is 31.8. The highest BCUT2D eigenvalue weighted by Gasteiger charge is 2.17. The average Bonchev–Trinajstić information content (AvgIpc) is 3.25. The van der Waals surface area contributed by atoms with Crippen molar-refractivity contribution < 1.29 is 5.48 Å². The van der Waals surface area contributed by atoms with Crippen molar-refractivity contribution in [2.75, 3.05) is 4.90 Å². The third-order valence-electron chi connectivity index (χ3n) is 9.55. The summed E-state index contributed by atoms with van der Waals surface area (Å²) in [4.78, 5) is 1.88. The molecule has 0 radical (unpaired) electrons. The minimum absolute atomic E-state index is 0.0971. The molecule has 9 aromatic rings. The Balaban J connectivity index is 1.23. The van der Waals surface area contributed by atoms with E-state index in [-0.39, 0.29) is 35.4 Å². The van der Waals surface area contributed by atoms with Gasteiger partial charge in [-0.25, -0.2) is 0 Å². The highest BCUT2D eigenvalue weighted by molar-refractivity contribution is 6.00. The van der Waals surface area contributed by atoms with E-state index in [0.29, 0.717) is 5.56 Å². The number of hydrogen-bond acceptors (Lipinski definition) is 1. The number of hydrogen-bond donors (Lipinski definition) is 0. The first-order chi connectivity index (χ1) is 27.0. The Morgan fingerprint density at radius 2 is 0.843 bits per heavy atom. The van der Waals surface area contributed by atoms with Crippen LogP contribution in [-0.2, 0) is 0 Å². The highest BCUT2D eigenvalue weighted by atomic mass is 15.1. The van der Waals surface area contributed by atoms with Gasteiger partial charge in [0.15, 0.2) is 0 Å². The van der Waals surface area contributed by atoms with Gasteiger partial charge in [-0.05, 0) is 97.0 Å². The lowest BCUT2D eigenvalue weighted by Gasteiger charge is -2.27. The molecule has 240 valence electrons. The minimum atomic E-state index is -0.115. The van der Waals surface area contributed by atoms with Crippen LogP contribution >= 0.6 is 0 Å². The van der Waals surface area contributed by atoms with Crippen molar-refractivity contribution in [3.63, 3.8) is 0 Å². The highest BCUT2D eigenvalue weighted by Crippen LogP contribution is 2.41. The van der Waals surface area contributed by atoms with Gasteiger partial charge in [-0.1, -0.05) is 176 Å². The van der Waals surface area contributed by atoms with Crippen LogP contribution in [0, 0.1) is 0 Å². The summed E-state index contributed by atoms with van der Waals surface area (Å²) in [6, 6.07) is 62.6. The van der Waals surface area contributed by atoms with Crippen LogP contribution in [0.3, 0.4) is 0 Å². The van der Waals surface area contributed by atoms with E-state index in [9.17, 15) is 5.48 Å². The van der Waals surface area contributed by atoms with Crippen molar-refractivity contribution in [2.45, 2.75) is 0 Å². The summed E-state index contributed by atoms with van der Waals surface area (Å²) >= 11 is 0. The summed E-state index contributed by atoms with van der Waals surface area (Å²) in [6.45, 7) is 0. The van der Waals surface area contributed by atoms with E-state index < -0.39 is 0 Å². The fourth-order valence-corrected chi connectivity index (χ4v) is 7.05. The lowest BCUT2D eigenvalue weighted by Crippen LogP contribution is -2.10. The first-order valence-electron chi connectivity index (χ1n) is 19.2. The molecule has 9 rings (SSSR count). The van der Waals surface area contributed by atoms with E-state index in [1.165, 1.54) is 0 Å². The summed E-state index contributed by atoms with van der Waals surface area (Å²) in [5.74, 6) is 0. The number of nitrogens with zero attached hydrogens (tertiary/aromatic N) is 1. The van der Waals surface area contributed by atoms with Gasteiger partial charge in [0.1, 0.15) is 0 Å². The molecule has 0 fully saturated rings. The maximum absolute atomic E-state index is 9.59. The van der Waals surface area contributed by atoms with E-state index >= 15 is 0 Å². The van der Waals surface area contributed by atoms with Crippen LogP contribution in [0.15, 0.2) is 212 Å². The Kier molecular flexibility index (Phi) is 6.84. The molecule has 0 saturated carbocycles. The molecule has 0 aliphatic rings. The van der Waals surface area contributed by atoms with Crippen LogP contribution in [0.1, 0.15) is 5.48 Å². The summed E-state index contributed by atoms with van der Waals surface area (Å²) in [7, 11) is 0. The second kappa shape index (κ2) is 13.3. The molecule has 0 N–H and O–H groups in total. The van der Waals surface area contributed by atoms with Crippen molar-refractivity contribution in [1.82, 2.24) is 0 Å². The zero-order chi connectivity index (χ0) is 37.5. The van der Waals surface area contributed by atoms with Crippen molar-refractivity contribution in [3.05, 3.63) is 212 Å². The summed E-state index contributed by atoms with van der Waals surface area (Å²) in [5.41, 5.74) is 8.77. The number of anilines is 3. The largest absolute Gasteiger partial charge is 0.310 e. The third kappa shape index (κ3) is 5.86. The molecule has 0 saturated heterocycles. The number of benzene rings is 9. The number of fused-ring (bicyclic) bond motifs is 2. The average molecular weight is 654 g/mol. The molecule has 0 heterocycles. The summed E-state index contributed by atoms with van der Waals surface area (Å²) in [6.07, 6.45) is 0. The SMILES string of the molecule is [2H]c1c([2H])c(N(c2ccc(-c3cccc4ccccc34)cc2)c2cccc3ccccc23)c([2H])c([2H])c1-c1ccc(-c2ccccc2)c(-c2ccccc2)c1. The number of rotatable bonds is 7. The van der Waals surface area contributed by atoms with Gasteiger partial charge < -0.3 is 4.90 Å². The van der Waals surface area contributed by atoms with Gasteiger partial charge in [0.05, 0.1) is 11.2 Å². The molecule has 1 heteroatoms.